The van der Waals surface area contributed by atoms with Crippen LogP contribution in [0.25, 0.3) is 0 Å². The number of hydrogen-bond acceptors (Lipinski definition) is 5. The van der Waals surface area contributed by atoms with Gasteiger partial charge in [0.25, 0.3) is 0 Å². The lowest BCUT2D eigenvalue weighted by Gasteiger charge is -2.29. The molecule has 0 saturated heterocycles. The van der Waals surface area contributed by atoms with Gasteiger partial charge in [0.05, 0.1) is 0 Å². The van der Waals surface area contributed by atoms with Crippen LogP contribution >= 0.6 is 11.5 Å². The van der Waals surface area contributed by atoms with Crippen molar-refractivity contribution < 1.29 is 0 Å². The Kier molecular flexibility index (Phi) is 4.98. The molecular formula is C10H20N4S. The topological polar surface area (TPSA) is 55.0 Å². The maximum Gasteiger partial charge on any atom is 0.205 e. The summed E-state index contributed by atoms with van der Waals surface area (Å²) in [7, 11) is 0. The molecule has 0 aliphatic carbocycles. The molecule has 0 aliphatic rings. The minimum Gasteiger partial charge on any atom is -0.343 e. The molecule has 0 saturated carbocycles. The molecule has 0 spiro atoms. The highest BCUT2D eigenvalue weighted by molar-refractivity contribution is 7.09. The van der Waals surface area contributed by atoms with Crippen LogP contribution in [0.2, 0.25) is 0 Å². The third kappa shape index (κ3) is 3.14. The van der Waals surface area contributed by atoms with Gasteiger partial charge in [0.15, 0.2) is 0 Å². The minimum absolute atomic E-state index is 0.529. The second-order valence-corrected chi connectivity index (χ2v) is 4.31. The number of rotatable bonds is 6. The van der Waals surface area contributed by atoms with Crippen LogP contribution in [0.5, 0.6) is 0 Å². The van der Waals surface area contributed by atoms with Crippen LogP contribution in [-0.2, 0) is 0 Å². The van der Waals surface area contributed by atoms with Crippen molar-refractivity contribution in [2.24, 2.45) is 5.73 Å². The number of aromatic nitrogens is 2. The van der Waals surface area contributed by atoms with E-state index in [4.69, 9.17) is 5.73 Å². The minimum atomic E-state index is 0.529. The molecule has 0 bridgehead atoms. The summed E-state index contributed by atoms with van der Waals surface area (Å²) >= 11 is 1.47. The summed E-state index contributed by atoms with van der Waals surface area (Å²) in [5, 5.41) is 1.01. The smallest absolute Gasteiger partial charge is 0.205 e. The summed E-state index contributed by atoms with van der Waals surface area (Å²) in [6, 6.07) is 0.529. The van der Waals surface area contributed by atoms with Gasteiger partial charge in [-0.05, 0) is 19.8 Å². The van der Waals surface area contributed by atoms with Crippen LogP contribution in [0, 0.1) is 6.92 Å². The normalized spacial score (nSPS) is 11.0. The lowest BCUT2D eigenvalue weighted by atomic mass is 10.1. The van der Waals surface area contributed by atoms with Gasteiger partial charge in [-0.3, -0.25) is 0 Å². The van der Waals surface area contributed by atoms with Gasteiger partial charge in [-0.25, -0.2) is 4.98 Å². The number of aryl methyl sites for hydroxylation is 1. The van der Waals surface area contributed by atoms with Crippen molar-refractivity contribution in [3.05, 3.63) is 5.82 Å². The summed E-state index contributed by atoms with van der Waals surface area (Å²) in [6.45, 7) is 7.85. The molecule has 0 aliphatic heterocycles. The van der Waals surface area contributed by atoms with Crippen molar-refractivity contribution in [1.82, 2.24) is 9.36 Å². The van der Waals surface area contributed by atoms with E-state index in [0.29, 0.717) is 12.6 Å². The molecule has 1 heterocycles. The molecule has 1 rings (SSSR count). The second-order valence-electron chi connectivity index (χ2n) is 3.58. The Balaban J connectivity index is 2.81. The van der Waals surface area contributed by atoms with Gasteiger partial charge in [-0.15, -0.1) is 0 Å². The third-order valence-corrected chi connectivity index (χ3v) is 3.36. The van der Waals surface area contributed by atoms with E-state index >= 15 is 0 Å². The standard InChI is InChI=1S/C10H20N4S/c1-4-9(5-2)14(7-6-11)10-12-8(3)13-15-10/h9H,4-7,11H2,1-3H3. The van der Waals surface area contributed by atoms with Crippen molar-refractivity contribution in [1.29, 1.82) is 0 Å². The molecule has 0 amide bonds. The van der Waals surface area contributed by atoms with E-state index in [2.05, 4.69) is 28.1 Å². The summed E-state index contributed by atoms with van der Waals surface area (Å²) in [5.41, 5.74) is 5.64. The van der Waals surface area contributed by atoms with Gasteiger partial charge in [-0.2, -0.15) is 4.37 Å². The largest absolute Gasteiger partial charge is 0.343 e. The fourth-order valence-corrected chi connectivity index (χ4v) is 2.48. The highest BCUT2D eigenvalue weighted by Crippen LogP contribution is 2.21. The summed E-state index contributed by atoms with van der Waals surface area (Å²) in [6.07, 6.45) is 2.24. The van der Waals surface area contributed by atoms with Crippen molar-refractivity contribution in [3.63, 3.8) is 0 Å². The monoisotopic (exact) mass is 228 g/mol. The van der Waals surface area contributed by atoms with Gasteiger partial charge in [0.1, 0.15) is 5.82 Å². The molecule has 1 aromatic heterocycles. The predicted molar refractivity (Wildman–Crippen MR) is 65.4 cm³/mol. The average Bonchev–Trinajstić information content (AvgIpc) is 2.65. The molecule has 15 heavy (non-hydrogen) atoms. The Labute approximate surface area is 95.7 Å². The predicted octanol–water partition coefficient (Wildman–Crippen LogP) is 1.80. The van der Waals surface area contributed by atoms with Crippen LogP contribution in [-0.4, -0.2) is 28.5 Å². The first-order chi connectivity index (χ1) is 7.22. The van der Waals surface area contributed by atoms with E-state index in [-0.39, 0.29) is 0 Å². The van der Waals surface area contributed by atoms with Crippen LogP contribution in [0.15, 0.2) is 0 Å². The molecule has 5 heteroatoms. The highest BCUT2D eigenvalue weighted by atomic mass is 32.1. The molecule has 0 unspecified atom stereocenters. The van der Waals surface area contributed by atoms with Gasteiger partial charge >= 0.3 is 0 Å². The van der Waals surface area contributed by atoms with Crippen molar-refractivity contribution in [2.75, 3.05) is 18.0 Å². The number of nitrogens with two attached hydrogens (primary N) is 1. The molecule has 4 nitrogen and oxygen atoms in total. The van der Waals surface area contributed by atoms with Crippen LogP contribution < -0.4 is 10.6 Å². The van der Waals surface area contributed by atoms with Gasteiger partial charge < -0.3 is 10.6 Å². The van der Waals surface area contributed by atoms with E-state index in [9.17, 15) is 0 Å². The molecule has 0 atom stereocenters. The van der Waals surface area contributed by atoms with E-state index in [1.165, 1.54) is 11.5 Å². The van der Waals surface area contributed by atoms with E-state index in [1.807, 2.05) is 6.92 Å². The average molecular weight is 228 g/mol. The Morgan fingerprint density at radius 3 is 2.47 bits per heavy atom. The fraction of sp³-hybridized carbons (Fsp3) is 0.800. The number of hydrogen-bond donors (Lipinski definition) is 1. The van der Waals surface area contributed by atoms with Crippen molar-refractivity contribution in [3.8, 4) is 0 Å². The molecule has 0 fully saturated rings. The second kappa shape index (κ2) is 6.02. The van der Waals surface area contributed by atoms with Gasteiger partial charge in [0.2, 0.25) is 5.13 Å². The van der Waals surface area contributed by atoms with E-state index < -0.39 is 0 Å². The maximum absolute atomic E-state index is 5.64. The molecule has 86 valence electrons. The van der Waals surface area contributed by atoms with Crippen LogP contribution in [0.3, 0.4) is 0 Å². The van der Waals surface area contributed by atoms with Gasteiger partial charge in [0, 0.05) is 30.7 Å². The molecule has 0 radical (unpaired) electrons. The Hall–Kier alpha value is -0.680. The van der Waals surface area contributed by atoms with Crippen molar-refractivity contribution in [2.45, 2.75) is 39.7 Å². The van der Waals surface area contributed by atoms with E-state index in [1.54, 1.807) is 0 Å². The molecular weight excluding hydrogens is 208 g/mol. The molecule has 0 aromatic carbocycles. The molecule has 2 N–H and O–H groups in total. The Morgan fingerprint density at radius 2 is 2.07 bits per heavy atom. The zero-order valence-corrected chi connectivity index (χ0v) is 10.5. The first-order valence-corrected chi connectivity index (χ1v) is 6.27. The number of nitrogens with zero attached hydrogens (tertiary/aromatic N) is 3. The first-order valence-electron chi connectivity index (χ1n) is 5.49. The number of anilines is 1. The summed E-state index contributed by atoms with van der Waals surface area (Å²) in [5.74, 6) is 0.850. The van der Waals surface area contributed by atoms with Crippen LogP contribution in [0.1, 0.15) is 32.5 Å². The Bertz CT molecular complexity index is 283. The maximum atomic E-state index is 5.64. The highest BCUT2D eigenvalue weighted by Gasteiger charge is 2.18. The van der Waals surface area contributed by atoms with Crippen molar-refractivity contribution >= 4 is 16.7 Å². The third-order valence-electron chi connectivity index (χ3n) is 2.52. The summed E-state index contributed by atoms with van der Waals surface area (Å²) in [4.78, 5) is 6.71. The van der Waals surface area contributed by atoms with Crippen LogP contribution in [0.4, 0.5) is 5.13 Å². The lowest BCUT2D eigenvalue weighted by Crippen LogP contribution is -2.38. The first kappa shape index (κ1) is 12.4. The fourth-order valence-electron chi connectivity index (χ4n) is 1.71. The SMILES string of the molecule is CCC(CC)N(CCN)c1nc(C)ns1. The van der Waals surface area contributed by atoms with Gasteiger partial charge in [-0.1, -0.05) is 13.8 Å². The molecule has 1 aromatic rings. The summed E-state index contributed by atoms with van der Waals surface area (Å²) < 4.78 is 4.22. The quantitative estimate of drug-likeness (QED) is 0.806. The zero-order valence-electron chi connectivity index (χ0n) is 9.73. The zero-order chi connectivity index (χ0) is 11.3. The van der Waals surface area contributed by atoms with E-state index in [0.717, 1.165) is 30.3 Å². The lowest BCUT2D eigenvalue weighted by molar-refractivity contribution is 0.558. The Morgan fingerprint density at radius 1 is 1.40 bits per heavy atom.